The summed E-state index contributed by atoms with van der Waals surface area (Å²) in [5.74, 6) is -0.510. The number of hydrogen-bond acceptors (Lipinski definition) is 4. The smallest absolute Gasteiger partial charge is 0.313 e. The van der Waals surface area contributed by atoms with Crippen LogP contribution in [0.15, 0.2) is 29.4 Å². The lowest BCUT2D eigenvalue weighted by Crippen LogP contribution is -2.07. The molecule has 1 aromatic heterocycles. The predicted octanol–water partition coefficient (Wildman–Crippen LogP) is 2.59. The van der Waals surface area contributed by atoms with E-state index in [1.54, 1.807) is 6.07 Å². The SMILES string of the molecule is CCCn1c(Cc2cccc(F)c2)nnc1SCC(=O)O. The van der Waals surface area contributed by atoms with Crippen LogP contribution in [0.4, 0.5) is 4.39 Å². The molecule has 112 valence electrons. The number of halogens is 1. The number of carbonyl (C=O) groups is 1. The predicted molar refractivity (Wildman–Crippen MR) is 77.9 cm³/mol. The highest BCUT2D eigenvalue weighted by molar-refractivity contribution is 7.99. The molecule has 1 aromatic carbocycles. The summed E-state index contributed by atoms with van der Waals surface area (Å²) in [6, 6.07) is 6.35. The molecular weight excluding hydrogens is 293 g/mol. The van der Waals surface area contributed by atoms with Crippen molar-refractivity contribution >= 4 is 17.7 Å². The maximum absolute atomic E-state index is 13.2. The topological polar surface area (TPSA) is 68.0 Å². The molecular formula is C14H16FN3O2S. The number of carboxylic acid groups (broad SMARTS) is 1. The number of aromatic nitrogens is 3. The van der Waals surface area contributed by atoms with Gasteiger partial charge in [0.1, 0.15) is 11.6 Å². The van der Waals surface area contributed by atoms with Gasteiger partial charge in [0.25, 0.3) is 0 Å². The van der Waals surface area contributed by atoms with Gasteiger partial charge in [0.05, 0.1) is 5.75 Å². The van der Waals surface area contributed by atoms with Crippen LogP contribution in [0.5, 0.6) is 0 Å². The van der Waals surface area contributed by atoms with Crippen molar-refractivity contribution in [3.63, 3.8) is 0 Å². The summed E-state index contributed by atoms with van der Waals surface area (Å²) in [6.07, 6.45) is 1.35. The molecule has 21 heavy (non-hydrogen) atoms. The minimum atomic E-state index is -0.891. The quantitative estimate of drug-likeness (QED) is 0.796. The zero-order valence-corrected chi connectivity index (χ0v) is 12.4. The minimum Gasteiger partial charge on any atom is -0.481 e. The van der Waals surface area contributed by atoms with Crippen molar-refractivity contribution < 1.29 is 14.3 Å². The fourth-order valence-corrected chi connectivity index (χ4v) is 2.66. The molecule has 0 spiro atoms. The molecule has 1 N–H and O–H groups in total. The van der Waals surface area contributed by atoms with Crippen molar-refractivity contribution in [2.45, 2.75) is 31.5 Å². The fraction of sp³-hybridized carbons (Fsp3) is 0.357. The molecule has 0 fully saturated rings. The molecule has 2 rings (SSSR count). The highest BCUT2D eigenvalue weighted by Gasteiger charge is 2.14. The first-order valence-corrected chi connectivity index (χ1v) is 7.59. The lowest BCUT2D eigenvalue weighted by Gasteiger charge is -2.08. The lowest BCUT2D eigenvalue weighted by molar-refractivity contribution is -0.133. The summed E-state index contributed by atoms with van der Waals surface area (Å²) < 4.78 is 15.1. The van der Waals surface area contributed by atoms with Crippen LogP contribution in [0.25, 0.3) is 0 Å². The average molecular weight is 309 g/mol. The fourth-order valence-electron chi connectivity index (χ4n) is 1.96. The minimum absolute atomic E-state index is 0.0538. The van der Waals surface area contributed by atoms with Gasteiger partial charge in [0, 0.05) is 13.0 Å². The van der Waals surface area contributed by atoms with Gasteiger partial charge in [-0.2, -0.15) is 0 Å². The van der Waals surface area contributed by atoms with Gasteiger partial charge >= 0.3 is 5.97 Å². The summed E-state index contributed by atoms with van der Waals surface area (Å²) in [6.45, 7) is 2.73. The van der Waals surface area contributed by atoms with E-state index in [2.05, 4.69) is 10.2 Å². The van der Waals surface area contributed by atoms with Gasteiger partial charge in [-0.3, -0.25) is 4.79 Å². The van der Waals surface area contributed by atoms with Crippen molar-refractivity contribution in [1.82, 2.24) is 14.8 Å². The van der Waals surface area contributed by atoms with E-state index in [9.17, 15) is 9.18 Å². The highest BCUT2D eigenvalue weighted by atomic mass is 32.2. The second kappa shape index (κ2) is 7.21. The number of thioether (sulfide) groups is 1. The van der Waals surface area contributed by atoms with E-state index >= 15 is 0 Å². The van der Waals surface area contributed by atoms with Crippen LogP contribution in [-0.4, -0.2) is 31.6 Å². The number of hydrogen-bond donors (Lipinski definition) is 1. The zero-order chi connectivity index (χ0) is 15.2. The number of aliphatic carboxylic acids is 1. The molecule has 0 aliphatic heterocycles. The molecule has 0 amide bonds. The van der Waals surface area contributed by atoms with Crippen molar-refractivity contribution in [2.75, 3.05) is 5.75 Å². The van der Waals surface area contributed by atoms with Gasteiger partial charge in [-0.1, -0.05) is 30.8 Å². The van der Waals surface area contributed by atoms with E-state index < -0.39 is 5.97 Å². The molecule has 0 saturated carbocycles. The first kappa shape index (κ1) is 15.5. The van der Waals surface area contributed by atoms with E-state index in [4.69, 9.17) is 5.11 Å². The van der Waals surface area contributed by atoms with E-state index in [0.29, 0.717) is 18.1 Å². The molecule has 0 unspecified atom stereocenters. The molecule has 1 heterocycles. The second-order valence-electron chi connectivity index (χ2n) is 4.54. The van der Waals surface area contributed by atoms with Crippen LogP contribution in [-0.2, 0) is 17.8 Å². The van der Waals surface area contributed by atoms with E-state index in [1.807, 2.05) is 17.6 Å². The maximum atomic E-state index is 13.2. The van der Waals surface area contributed by atoms with Crippen LogP contribution >= 0.6 is 11.8 Å². The zero-order valence-electron chi connectivity index (χ0n) is 11.6. The van der Waals surface area contributed by atoms with Crippen LogP contribution in [0.1, 0.15) is 24.7 Å². The van der Waals surface area contributed by atoms with Crippen molar-refractivity contribution in [3.05, 3.63) is 41.5 Å². The van der Waals surface area contributed by atoms with Crippen molar-refractivity contribution in [2.24, 2.45) is 0 Å². The molecule has 0 radical (unpaired) electrons. The van der Waals surface area contributed by atoms with Crippen molar-refractivity contribution in [1.29, 1.82) is 0 Å². The monoisotopic (exact) mass is 309 g/mol. The summed E-state index contributed by atoms with van der Waals surface area (Å²) in [4.78, 5) is 10.7. The molecule has 0 bridgehead atoms. The molecule has 0 aliphatic carbocycles. The average Bonchev–Trinajstić information content (AvgIpc) is 2.80. The Bertz CT molecular complexity index is 630. The van der Waals surface area contributed by atoms with Crippen LogP contribution < -0.4 is 0 Å². The third-order valence-corrected chi connectivity index (χ3v) is 3.77. The second-order valence-corrected chi connectivity index (χ2v) is 5.48. The Morgan fingerprint density at radius 1 is 1.43 bits per heavy atom. The molecule has 2 aromatic rings. The van der Waals surface area contributed by atoms with E-state index in [-0.39, 0.29) is 11.6 Å². The molecule has 5 nitrogen and oxygen atoms in total. The Labute approximate surface area is 126 Å². The maximum Gasteiger partial charge on any atom is 0.313 e. The summed E-state index contributed by atoms with van der Waals surface area (Å²) >= 11 is 1.15. The van der Waals surface area contributed by atoms with Crippen LogP contribution in [0.2, 0.25) is 0 Å². The normalized spacial score (nSPS) is 10.8. The Kier molecular flexibility index (Phi) is 5.32. The van der Waals surface area contributed by atoms with Gasteiger partial charge in [-0.05, 0) is 24.1 Å². The summed E-state index contributed by atoms with van der Waals surface area (Å²) in [7, 11) is 0. The van der Waals surface area contributed by atoms with Gasteiger partial charge in [-0.25, -0.2) is 4.39 Å². The highest BCUT2D eigenvalue weighted by Crippen LogP contribution is 2.19. The van der Waals surface area contributed by atoms with Gasteiger partial charge in [0.2, 0.25) is 0 Å². The Hall–Kier alpha value is -1.89. The molecule has 7 heteroatoms. The summed E-state index contributed by atoms with van der Waals surface area (Å²) in [5.41, 5.74) is 0.814. The van der Waals surface area contributed by atoms with Crippen molar-refractivity contribution in [3.8, 4) is 0 Å². The Morgan fingerprint density at radius 3 is 2.90 bits per heavy atom. The van der Waals surface area contributed by atoms with Crippen LogP contribution in [0, 0.1) is 5.82 Å². The third kappa shape index (κ3) is 4.29. The van der Waals surface area contributed by atoms with E-state index in [1.165, 1.54) is 12.1 Å². The summed E-state index contributed by atoms with van der Waals surface area (Å²) in [5, 5.41) is 17.5. The van der Waals surface area contributed by atoms with E-state index in [0.717, 1.165) is 29.6 Å². The number of benzene rings is 1. The van der Waals surface area contributed by atoms with Crippen LogP contribution in [0.3, 0.4) is 0 Å². The third-order valence-electron chi connectivity index (χ3n) is 2.82. The standard InChI is InChI=1S/C14H16FN3O2S/c1-2-6-18-12(8-10-4-3-5-11(15)7-10)16-17-14(18)21-9-13(19)20/h3-5,7H,2,6,8-9H2,1H3,(H,19,20). The van der Waals surface area contributed by atoms with Gasteiger partial charge in [-0.15, -0.1) is 10.2 Å². The lowest BCUT2D eigenvalue weighted by atomic mass is 10.1. The van der Waals surface area contributed by atoms with Gasteiger partial charge in [0.15, 0.2) is 5.16 Å². The number of rotatable bonds is 7. The molecule has 0 saturated heterocycles. The first-order valence-electron chi connectivity index (χ1n) is 6.61. The number of nitrogens with zero attached hydrogens (tertiary/aromatic N) is 3. The Morgan fingerprint density at radius 2 is 2.24 bits per heavy atom. The first-order chi connectivity index (χ1) is 10.1. The Balaban J connectivity index is 2.20. The number of carboxylic acids is 1. The molecule has 0 aliphatic rings. The van der Waals surface area contributed by atoms with Gasteiger partial charge < -0.3 is 9.67 Å². The molecule has 0 atom stereocenters. The largest absolute Gasteiger partial charge is 0.481 e.